The summed E-state index contributed by atoms with van der Waals surface area (Å²) in [5.41, 5.74) is 8.40. The maximum absolute atomic E-state index is 12.2. The highest BCUT2D eigenvalue weighted by Gasteiger charge is 2.26. The van der Waals surface area contributed by atoms with Gasteiger partial charge in [-0.05, 0) is 37.5 Å². The minimum atomic E-state index is -0.239. The van der Waals surface area contributed by atoms with Crippen LogP contribution < -0.4 is 11.1 Å². The number of carbonyl (C=O) groups is 1. The van der Waals surface area contributed by atoms with Gasteiger partial charge < -0.3 is 11.1 Å². The fraction of sp³-hybridized carbons (Fsp3) is 0.333. The molecule has 104 valence electrons. The van der Waals surface area contributed by atoms with Gasteiger partial charge in [-0.3, -0.25) is 9.89 Å². The number of carbonyl (C=O) groups excluding carboxylic acids is 1. The fourth-order valence-electron chi connectivity index (χ4n) is 2.17. The second-order valence-electron chi connectivity index (χ2n) is 5.36. The van der Waals surface area contributed by atoms with E-state index in [1.54, 1.807) is 12.1 Å². The van der Waals surface area contributed by atoms with Crippen LogP contribution >= 0.6 is 0 Å². The fourth-order valence-corrected chi connectivity index (χ4v) is 2.17. The number of H-pyrrole nitrogens is 1. The molecule has 20 heavy (non-hydrogen) atoms. The van der Waals surface area contributed by atoms with Gasteiger partial charge in [-0.15, -0.1) is 0 Å². The van der Waals surface area contributed by atoms with Crippen molar-refractivity contribution in [2.24, 2.45) is 0 Å². The van der Waals surface area contributed by atoms with E-state index in [0.29, 0.717) is 17.4 Å². The summed E-state index contributed by atoms with van der Waals surface area (Å²) in [4.78, 5) is 12.2. The van der Waals surface area contributed by atoms with E-state index in [1.165, 1.54) is 12.8 Å². The van der Waals surface area contributed by atoms with Crippen LogP contribution in [0.3, 0.4) is 0 Å². The molecule has 1 amide bonds. The molecule has 0 spiro atoms. The van der Waals surface area contributed by atoms with E-state index in [-0.39, 0.29) is 11.8 Å². The summed E-state index contributed by atoms with van der Waals surface area (Å²) in [6, 6.07) is 9.28. The van der Waals surface area contributed by atoms with Crippen molar-refractivity contribution >= 4 is 17.4 Å². The predicted octanol–water partition coefficient (Wildman–Crippen LogP) is 2.61. The van der Waals surface area contributed by atoms with Crippen LogP contribution in [-0.2, 0) is 4.79 Å². The first-order valence-electron chi connectivity index (χ1n) is 6.85. The van der Waals surface area contributed by atoms with E-state index in [0.717, 1.165) is 11.3 Å². The van der Waals surface area contributed by atoms with Gasteiger partial charge in [-0.2, -0.15) is 5.10 Å². The van der Waals surface area contributed by atoms with Crippen LogP contribution in [-0.4, -0.2) is 16.1 Å². The molecular formula is C15H18N4O. The molecule has 1 fully saturated rings. The van der Waals surface area contributed by atoms with Crippen molar-refractivity contribution in [3.8, 4) is 0 Å². The van der Waals surface area contributed by atoms with Gasteiger partial charge in [0.05, 0.1) is 5.92 Å². The monoisotopic (exact) mass is 270 g/mol. The highest BCUT2D eigenvalue weighted by atomic mass is 16.1. The van der Waals surface area contributed by atoms with Gasteiger partial charge in [0, 0.05) is 23.4 Å². The van der Waals surface area contributed by atoms with Crippen LogP contribution in [0.4, 0.5) is 11.5 Å². The summed E-state index contributed by atoms with van der Waals surface area (Å²) in [5.74, 6) is 0.891. The number of anilines is 2. The number of nitrogen functional groups attached to an aromatic ring is 1. The molecule has 3 rings (SSSR count). The molecule has 4 N–H and O–H groups in total. The Morgan fingerprint density at radius 3 is 2.75 bits per heavy atom. The number of aromatic amines is 1. The molecule has 1 atom stereocenters. The average Bonchev–Trinajstić information content (AvgIpc) is 3.20. The first kappa shape index (κ1) is 12.7. The number of hydrogen-bond donors (Lipinski definition) is 3. The van der Waals surface area contributed by atoms with E-state index in [1.807, 2.05) is 25.1 Å². The van der Waals surface area contributed by atoms with E-state index in [4.69, 9.17) is 5.73 Å². The van der Waals surface area contributed by atoms with Crippen LogP contribution in [0.5, 0.6) is 0 Å². The lowest BCUT2D eigenvalue weighted by Crippen LogP contribution is -2.19. The number of nitrogens with two attached hydrogens (primary N) is 1. The first-order valence-corrected chi connectivity index (χ1v) is 6.85. The van der Waals surface area contributed by atoms with Crippen molar-refractivity contribution in [3.63, 3.8) is 0 Å². The third kappa shape index (κ3) is 2.66. The van der Waals surface area contributed by atoms with Gasteiger partial charge in [0.15, 0.2) is 5.82 Å². The van der Waals surface area contributed by atoms with Gasteiger partial charge in [0.25, 0.3) is 0 Å². The minimum Gasteiger partial charge on any atom is -0.399 e. The molecule has 1 aliphatic carbocycles. The average molecular weight is 270 g/mol. The molecule has 0 radical (unpaired) electrons. The van der Waals surface area contributed by atoms with Crippen molar-refractivity contribution in [1.82, 2.24) is 10.2 Å². The Labute approximate surface area is 117 Å². The van der Waals surface area contributed by atoms with Crippen LogP contribution in [0.15, 0.2) is 30.3 Å². The SMILES string of the molecule is C[C@H](C(=O)Nc1cc(C2CC2)[nH]n1)c1ccc(N)cc1. The van der Waals surface area contributed by atoms with Crippen molar-refractivity contribution in [1.29, 1.82) is 0 Å². The van der Waals surface area contributed by atoms with Crippen molar-refractivity contribution < 1.29 is 4.79 Å². The van der Waals surface area contributed by atoms with Gasteiger partial charge in [-0.1, -0.05) is 12.1 Å². The topological polar surface area (TPSA) is 83.8 Å². The summed E-state index contributed by atoms with van der Waals surface area (Å²) >= 11 is 0. The van der Waals surface area contributed by atoms with E-state index >= 15 is 0 Å². The van der Waals surface area contributed by atoms with Crippen molar-refractivity contribution in [3.05, 3.63) is 41.6 Å². The number of amides is 1. The Balaban J connectivity index is 1.66. The number of nitrogens with zero attached hydrogens (tertiary/aromatic N) is 1. The van der Waals surface area contributed by atoms with Crippen LogP contribution in [0.1, 0.15) is 42.9 Å². The number of nitrogens with one attached hydrogen (secondary N) is 2. The Hall–Kier alpha value is -2.30. The zero-order chi connectivity index (χ0) is 14.1. The highest BCUT2D eigenvalue weighted by Crippen LogP contribution is 2.39. The standard InChI is InChI=1S/C15H18N4O/c1-9(10-4-6-12(16)7-5-10)15(20)17-14-8-13(18-19-14)11-2-3-11/h4-9,11H,2-3,16H2,1H3,(H2,17,18,19,20)/t9-/m0/s1. The van der Waals surface area contributed by atoms with Crippen molar-refractivity contribution in [2.75, 3.05) is 11.1 Å². The number of aromatic nitrogens is 2. The van der Waals surface area contributed by atoms with E-state index in [2.05, 4.69) is 15.5 Å². The zero-order valence-corrected chi connectivity index (χ0v) is 11.4. The summed E-state index contributed by atoms with van der Waals surface area (Å²) < 4.78 is 0. The van der Waals surface area contributed by atoms with Crippen LogP contribution in [0.25, 0.3) is 0 Å². The lowest BCUT2D eigenvalue weighted by Gasteiger charge is -2.11. The molecule has 0 aliphatic heterocycles. The highest BCUT2D eigenvalue weighted by molar-refractivity contribution is 5.94. The third-order valence-corrected chi connectivity index (χ3v) is 3.70. The molecule has 1 heterocycles. The van der Waals surface area contributed by atoms with E-state index in [9.17, 15) is 4.79 Å². The molecule has 1 saturated carbocycles. The molecule has 0 bridgehead atoms. The molecule has 5 nitrogen and oxygen atoms in total. The van der Waals surface area contributed by atoms with Crippen LogP contribution in [0.2, 0.25) is 0 Å². The summed E-state index contributed by atoms with van der Waals surface area (Å²) in [6.07, 6.45) is 2.41. The maximum atomic E-state index is 12.2. The van der Waals surface area contributed by atoms with Crippen LogP contribution in [0, 0.1) is 0 Å². The maximum Gasteiger partial charge on any atom is 0.232 e. The number of benzene rings is 1. The van der Waals surface area contributed by atoms with Crippen molar-refractivity contribution in [2.45, 2.75) is 31.6 Å². The van der Waals surface area contributed by atoms with Gasteiger partial charge in [0.1, 0.15) is 0 Å². The molecule has 1 aliphatic rings. The smallest absolute Gasteiger partial charge is 0.232 e. The molecular weight excluding hydrogens is 252 g/mol. The Morgan fingerprint density at radius 1 is 1.40 bits per heavy atom. The Bertz CT molecular complexity index is 613. The summed E-state index contributed by atoms with van der Waals surface area (Å²) in [7, 11) is 0. The summed E-state index contributed by atoms with van der Waals surface area (Å²) in [5, 5.41) is 9.95. The predicted molar refractivity (Wildman–Crippen MR) is 78.5 cm³/mol. The molecule has 1 aromatic heterocycles. The Morgan fingerprint density at radius 2 is 2.10 bits per heavy atom. The quantitative estimate of drug-likeness (QED) is 0.747. The molecule has 0 unspecified atom stereocenters. The normalized spacial score (nSPS) is 15.8. The number of hydrogen-bond acceptors (Lipinski definition) is 3. The zero-order valence-electron chi connectivity index (χ0n) is 11.4. The summed E-state index contributed by atoms with van der Waals surface area (Å²) in [6.45, 7) is 1.87. The molecule has 2 aromatic rings. The van der Waals surface area contributed by atoms with Gasteiger partial charge >= 0.3 is 0 Å². The molecule has 1 aromatic carbocycles. The second kappa shape index (κ2) is 5.00. The first-order chi connectivity index (χ1) is 9.63. The lowest BCUT2D eigenvalue weighted by molar-refractivity contribution is -0.117. The lowest BCUT2D eigenvalue weighted by atomic mass is 10.0. The number of rotatable bonds is 4. The largest absolute Gasteiger partial charge is 0.399 e. The minimum absolute atomic E-state index is 0.0661. The Kier molecular flexibility index (Phi) is 3.18. The molecule has 5 heteroatoms. The third-order valence-electron chi connectivity index (χ3n) is 3.70. The van der Waals surface area contributed by atoms with E-state index < -0.39 is 0 Å². The second-order valence-corrected chi connectivity index (χ2v) is 5.36. The van der Waals surface area contributed by atoms with Gasteiger partial charge in [-0.25, -0.2) is 0 Å². The molecule has 0 saturated heterocycles. The van der Waals surface area contributed by atoms with Gasteiger partial charge in [0.2, 0.25) is 5.91 Å².